The van der Waals surface area contributed by atoms with Crippen LogP contribution in [-0.2, 0) is 43.9 Å². The van der Waals surface area contributed by atoms with Crippen molar-refractivity contribution in [3.8, 4) is 11.1 Å². The molecule has 10 nitrogen and oxygen atoms in total. The van der Waals surface area contributed by atoms with E-state index in [1.54, 1.807) is 48.2 Å². The highest BCUT2D eigenvalue weighted by atomic mass is 32.2. The van der Waals surface area contributed by atoms with Crippen LogP contribution in [0.2, 0.25) is 0 Å². The number of thioether (sulfide) groups is 1. The van der Waals surface area contributed by atoms with Crippen LogP contribution in [0.4, 0.5) is 0 Å². The maximum atomic E-state index is 13.8. The molecule has 0 bridgehead atoms. The van der Waals surface area contributed by atoms with Crippen molar-refractivity contribution in [2.45, 2.75) is 67.8 Å². The van der Waals surface area contributed by atoms with E-state index >= 15 is 0 Å². The Kier molecular flexibility index (Phi) is 14.2. The van der Waals surface area contributed by atoms with E-state index in [4.69, 9.17) is 9.47 Å². The van der Waals surface area contributed by atoms with Gasteiger partial charge < -0.3 is 25.0 Å². The molecule has 6 aromatic rings. The van der Waals surface area contributed by atoms with Gasteiger partial charge in [0.1, 0.15) is 6.04 Å². The third-order valence-electron chi connectivity index (χ3n) is 10.8. The molecule has 6 aromatic carbocycles. The summed E-state index contributed by atoms with van der Waals surface area (Å²) >= 11 is 1.59. The number of carbonyl (C=O) groups excluding carboxylic acids is 1. The minimum atomic E-state index is -4.00. The maximum Gasteiger partial charge on any atom is 0.335 e. The van der Waals surface area contributed by atoms with Crippen LogP contribution in [-0.4, -0.2) is 48.4 Å². The molecule has 61 heavy (non-hydrogen) atoms. The van der Waals surface area contributed by atoms with Gasteiger partial charge in [0, 0.05) is 28.7 Å². The zero-order valence-electron chi connectivity index (χ0n) is 33.8. The van der Waals surface area contributed by atoms with Crippen LogP contribution < -0.4 is 10.0 Å². The summed E-state index contributed by atoms with van der Waals surface area (Å²) in [6, 6.07) is 45.0. The van der Waals surface area contributed by atoms with Gasteiger partial charge >= 0.3 is 5.97 Å². The Hall–Kier alpha value is -5.60. The van der Waals surface area contributed by atoms with E-state index in [1.165, 1.54) is 12.1 Å². The summed E-state index contributed by atoms with van der Waals surface area (Å²) in [5.74, 6) is -0.846. The Labute approximate surface area is 361 Å². The first-order valence-corrected chi connectivity index (χ1v) is 22.5. The van der Waals surface area contributed by atoms with Gasteiger partial charge in [-0.15, -0.1) is 11.8 Å². The first-order valence-electron chi connectivity index (χ1n) is 20.0. The number of hydrogen-bond donors (Lipinski definition) is 4. The van der Waals surface area contributed by atoms with Crippen LogP contribution in [0.1, 0.15) is 63.1 Å². The Balaban J connectivity index is 1.08. The van der Waals surface area contributed by atoms with Gasteiger partial charge in [-0.2, -0.15) is 4.72 Å². The maximum absolute atomic E-state index is 13.8. The number of aryl methyl sites for hydroxylation is 1. The highest BCUT2D eigenvalue weighted by molar-refractivity contribution is 7.99. The van der Waals surface area contributed by atoms with Crippen LogP contribution in [0.25, 0.3) is 11.1 Å². The van der Waals surface area contributed by atoms with Crippen LogP contribution in [0.15, 0.2) is 161 Å². The second-order valence-corrected chi connectivity index (χ2v) is 17.9. The van der Waals surface area contributed by atoms with Gasteiger partial charge in [0.15, 0.2) is 6.29 Å². The fourth-order valence-corrected chi connectivity index (χ4v) is 9.54. The molecule has 1 aliphatic rings. The van der Waals surface area contributed by atoms with Gasteiger partial charge in [0.2, 0.25) is 15.9 Å². The number of sulfonamides is 1. The molecule has 5 atom stereocenters. The van der Waals surface area contributed by atoms with Crippen LogP contribution in [0, 0.1) is 12.8 Å². The first kappa shape index (κ1) is 43.5. The number of aliphatic hydroxyl groups is 1. The van der Waals surface area contributed by atoms with Crippen molar-refractivity contribution in [3.05, 3.63) is 191 Å². The van der Waals surface area contributed by atoms with Gasteiger partial charge in [-0.1, -0.05) is 128 Å². The molecular weight excluding hydrogens is 809 g/mol. The number of rotatable bonds is 16. The van der Waals surface area contributed by atoms with Gasteiger partial charge in [-0.3, -0.25) is 4.79 Å². The van der Waals surface area contributed by atoms with Crippen molar-refractivity contribution in [2.75, 3.05) is 5.75 Å². The monoisotopic (exact) mass is 856 g/mol. The molecule has 1 saturated heterocycles. The number of aromatic carboxylic acids is 1. The normalized spacial score (nSPS) is 18.3. The third kappa shape index (κ3) is 11.0. The molecule has 0 radical (unpaired) electrons. The molecule has 1 heterocycles. The summed E-state index contributed by atoms with van der Waals surface area (Å²) in [5, 5.41) is 22.0. The molecule has 5 unspecified atom stereocenters. The number of carboxylic acid groups (broad SMARTS) is 1. The standard InChI is InChI=1S/C49H48N2O8S2/c1-32-12-26-42(27-13-32)61(56,57)51-44(28-34-8-4-3-5-9-34)47(53)50-29-40-10-6-7-11-43(40)36-18-20-39(21-19-36)49-58-45(31-60-41-24-22-38(23-25-41)48(54)55)33(2)46(59-49)37-16-14-35(30-52)15-17-37/h3-27,33,44-46,49,51-52H,28-31H2,1-2H3,(H,50,53)(H,54,55). The van der Waals surface area contributed by atoms with Gasteiger partial charge in [0.05, 0.1) is 29.3 Å². The minimum absolute atomic E-state index is 0.0337. The molecule has 4 N–H and O–H groups in total. The summed E-state index contributed by atoms with van der Waals surface area (Å²) in [6.07, 6.45) is -1.05. The van der Waals surface area contributed by atoms with E-state index in [-0.39, 0.29) is 48.2 Å². The van der Waals surface area contributed by atoms with Crippen molar-refractivity contribution in [1.82, 2.24) is 10.0 Å². The Morgan fingerprint density at radius 2 is 1.41 bits per heavy atom. The van der Waals surface area contributed by atoms with Crippen LogP contribution in [0.3, 0.4) is 0 Å². The third-order valence-corrected chi connectivity index (χ3v) is 13.4. The van der Waals surface area contributed by atoms with Gasteiger partial charge in [0.25, 0.3) is 0 Å². The fourth-order valence-electron chi connectivity index (χ4n) is 7.27. The Bertz CT molecular complexity index is 2520. The van der Waals surface area contributed by atoms with Crippen LogP contribution >= 0.6 is 11.8 Å². The van der Waals surface area contributed by atoms with E-state index in [0.717, 1.165) is 49.4 Å². The highest BCUT2D eigenvalue weighted by Crippen LogP contribution is 2.43. The van der Waals surface area contributed by atoms with E-state index in [0.29, 0.717) is 5.75 Å². The number of hydrogen-bond acceptors (Lipinski definition) is 8. The quantitative estimate of drug-likeness (QED) is 0.0702. The summed E-state index contributed by atoms with van der Waals surface area (Å²) in [4.78, 5) is 26.2. The predicted octanol–water partition coefficient (Wildman–Crippen LogP) is 8.64. The van der Waals surface area contributed by atoms with Crippen molar-refractivity contribution in [1.29, 1.82) is 0 Å². The van der Waals surface area contributed by atoms with Crippen molar-refractivity contribution < 1.29 is 37.7 Å². The minimum Gasteiger partial charge on any atom is -0.478 e. The molecule has 7 rings (SSSR count). The molecule has 12 heteroatoms. The SMILES string of the molecule is Cc1ccc(S(=O)(=O)NC(Cc2ccccc2)C(=O)NCc2ccccc2-c2ccc(C3OC(CSc4ccc(C(=O)O)cc4)C(C)C(c4ccc(CO)cc4)O3)cc2)cc1. The average Bonchev–Trinajstić information content (AvgIpc) is 3.28. The lowest BCUT2D eigenvalue weighted by atomic mass is 9.91. The summed E-state index contributed by atoms with van der Waals surface area (Å²) in [6.45, 7) is 4.08. The summed E-state index contributed by atoms with van der Waals surface area (Å²) in [5.41, 5.74) is 7.24. The fraction of sp³-hybridized carbons (Fsp3) is 0.224. The zero-order chi connectivity index (χ0) is 42.9. The van der Waals surface area contributed by atoms with E-state index in [2.05, 4.69) is 17.0 Å². The van der Waals surface area contributed by atoms with Gasteiger partial charge in [-0.25, -0.2) is 13.2 Å². The topological polar surface area (TPSA) is 151 Å². The molecule has 1 fully saturated rings. The number of nitrogens with one attached hydrogen (secondary N) is 2. The van der Waals surface area contributed by atoms with Crippen molar-refractivity contribution >= 4 is 33.7 Å². The van der Waals surface area contributed by atoms with Gasteiger partial charge in [-0.05, 0) is 83.1 Å². The molecule has 1 aliphatic heterocycles. The largest absolute Gasteiger partial charge is 0.478 e. The number of ether oxygens (including phenoxy) is 2. The number of carboxylic acids is 1. The highest BCUT2D eigenvalue weighted by Gasteiger charge is 2.38. The van der Waals surface area contributed by atoms with Crippen LogP contribution in [0.5, 0.6) is 0 Å². The lowest BCUT2D eigenvalue weighted by Crippen LogP contribution is -2.47. The molecular formula is C49H48N2O8S2. The Morgan fingerprint density at radius 1 is 0.754 bits per heavy atom. The predicted molar refractivity (Wildman–Crippen MR) is 236 cm³/mol. The van der Waals surface area contributed by atoms with E-state index in [9.17, 15) is 28.2 Å². The van der Waals surface area contributed by atoms with Crippen molar-refractivity contribution in [2.24, 2.45) is 5.92 Å². The molecule has 0 aliphatic carbocycles. The average molecular weight is 857 g/mol. The van der Waals surface area contributed by atoms with E-state index < -0.39 is 34.2 Å². The first-order chi connectivity index (χ1) is 29.5. The number of amides is 1. The lowest BCUT2D eigenvalue weighted by molar-refractivity contribution is -0.268. The number of benzene rings is 6. The lowest BCUT2D eigenvalue weighted by Gasteiger charge is -2.41. The molecule has 0 spiro atoms. The van der Waals surface area contributed by atoms with Crippen molar-refractivity contribution in [3.63, 3.8) is 0 Å². The molecule has 314 valence electrons. The molecule has 1 amide bonds. The Morgan fingerprint density at radius 3 is 2.08 bits per heavy atom. The van der Waals surface area contributed by atoms with E-state index in [1.807, 2.05) is 110 Å². The second-order valence-electron chi connectivity index (χ2n) is 15.1. The number of aliphatic hydroxyl groups excluding tert-OH is 1. The molecule has 0 saturated carbocycles. The summed E-state index contributed by atoms with van der Waals surface area (Å²) in [7, 11) is -4.00. The zero-order valence-corrected chi connectivity index (χ0v) is 35.4. The smallest absolute Gasteiger partial charge is 0.335 e. The second kappa shape index (κ2) is 19.9. The molecule has 0 aromatic heterocycles. The summed E-state index contributed by atoms with van der Waals surface area (Å²) < 4.78 is 42.9. The number of carbonyl (C=O) groups is 2.